The van der Waals surface area contributed by atoms with Crippen molar-refractivity contribution in [2.75, 3.05) is 6.54 Å². The fourth-order valence-corrected chi connectivity index (χ4v) is 1.85. The summed E-state index contributed by atoms with van der Waals surface area (Å²) in [6, 6.07) is -0.746. The molecule has 6 heteroatoms. The number of primary amides is 1. The number of amides is 2. The molecule has 0 spiro atoms. The number of hydrogen-bond donors (Lipinski definition) is 3. The summed E-state index contributed by atoms with van der Waals surface area (Å²) in [6.07, 6.45) is 1.74. The molecule has 0 aliphatic carbocycles. The Bertz CT molecular complexity index is 257. The third-order valence-corrected chi connectivity index (χ3v) is 2.70. The van der Waals surface area contributed by atoms with Gasteiger partial charge in [-0.25, -0.2) is 0 Å². The van der Waals surface area contributed by atoms with E-state index in [0.717, 1.165) is 12.8 Å². The molecule has 0 saturated carbocycles. The molecule has 0 aromatic carbocycles. The molecule has 1 rings (SSSR count). The fourth-order valence-electron chi connectivity index (χ4n) is 1.85. The van der Waals surface area contributed by atoms with Gasteiger partial charge in [0, 0.05) is 12.6 Å². The van der Waals surface area contributed by atoms with E-state index in [2.05, 4.69) is 0 Å². The number of hydrogen-bond acceptors (Lipinski definition) is 4. The van der Waals surface area contributed by atoms with Crippen molar-refractivity contribution in [1.29, 1.82) is 0 Å². The molecule has 2 amide bonds. The zero-order valence-corrected chi connectivity index (χ0v) is 8.77. The fraction of sp³-hybridized carbons (Fsp3) is 0.778. The van der Waals surface area contributed by atoms with Gasteiger partial charge in [0.15, 0.2) is 0 Å². The summed E-state index contributed by atoms with van der Waals surface area (Å²) in [7, 11) is 0. The monoisotopic (exact) mass is 215 g/mol. The van der Waals surface area contributed by atoms with Gasteiger partial charge in [-0.2, -0.15) is 5.48 Å². The molecular formula is C9H17N3O3. The minimum Gasteiger partial charge on any atom is -0.370 e. The van der Waals surface area contributed by atoms with Crippen LogP contribution in [-0.4, -0.2) is 40.5 Å². The third kappa shape index (κ3) is 2.90. The van der Waals surface area contributed by atoms with E-state index in [4.69, 9.17) is 10.9 Å². The smallest absolute Gasteiger partial charge is 0.242 e. The van der Waals surface area contributed by atoms with Crippen LogP contribution in [0.2, 0.25) is 0 Å². The van der Waals surface area contributed by atoms with Gasteiger partial charge in [-0.3, -0.25) is 9.59 Å². The van der Waals surface area contributed by atoms with E-state index in [-0.39, 0.29) is 18.4 Å². The number of likely N-dealkylation sites (tertiary alicyclic amines) is 1. The molecule has 6 nitrogen and oxygen atoms in total. The van der Waals surface area contributed by atoms with Gasteiger partial charge in [-0.15, -0.1) is 0 Å². The third-order valence-electron chi connectivity index (χ3n) is 2.70. The molecule has 0 bridgehead atoms. The molecule has 1 aliphatic rings. The van der Waals surface area contributed by atoms with Crippen LogP contribution in [-0.2, 0) is 9.59 Å². The maximum Gasteiger partial charge on any atom is 0.242 e. The lowest BCUT2D eigenvalue weighted by Gasteiger charge is -2.25. The van der Waals surface area contributed by atoms with Crippen molar-refractivity contribution < 1.29 is 14.8 Å². The van der Waals surface area contributed by atoms with E-state index in [0.29, 0.717) is 6.54 Å². The summed E-state index contributed by atoms with van der Waals surface area (Å²) in [5, 5.41) is 8.79. The standard InChI is InChI=1S/C9H17N3O3/c1-6-3-2-4-12(6)9(14)7(11-15)5-8(10)13/h6-7,11,15H,2-5H2,1H3,(H2,10,13). The van der Waals surface area contributed by atoms with Gasteiger partial charge >= 0.3 is 0 Å². The molecular weight excluding hydrogens is 198 g/mol. The van der Waals surface area contributed by atoms with Crippen LogP contribution in [0.3, 0.4) is 0 Å². The Kier molecular flexibility index (Phi) is 4.05. The highest BCUT2D eigenvalue weighted by atomic mass is 16.5. The summed E-state index contributed by atoms with van der Waals surface area (Å²) < 4.78 is 0. The molecule has 0 aromatic heterocycles. The zero-order valence-electron chi connectivity index (χ0n) is 8.77. The molecule has 4 N–H and O–H groups in total. The summed E-state index contributed by atoms with van der Waals surface area (Å²) in [6.45, 7) is 2.63. The molecule has 0 aromatic rings. The highest BCUT2D eigenvalue weighted by molar-refractivity contribution is 5.87. The summed E-state index contributed by atoms with van der Waals surface area (Å²) >= 11 is 0. The van der Waals surface area contributed by atoms with Gasteiger partial charge < -0.3 is 15.8 Å². The highest BCUT2D eigenvalue weighted by Gasteiger charge is 2.31. The van der Waals surface area contributed by atoms with Crippen molar-refractivity contribution >= 4 is 11.8 Å². The minimum atomic E-state index is -0.914. The molecule has 15 heavy (non-hydrogen) atoms. The second-order valence-corrected chi connectivity index (χ2v) is 3.88. The maximum absolute atomic E-state index is 11.8. The number of nitrogens with two attached hydrogens (primary N) is 1. The van der Waals surface area contributed by atoms with E-state index in [9.17, 15) is 9.59 Å². The van der Waals surface area contributed by atoms with Gasteiger partial charge in [-0.05, 0) is 19.8 Å². The van der Waals surface area contributed by atoms with Crippen molar-refractivity contribution in [1.82, 2.24) is 10.4 Å². The quantitative estimate of drug-likeness (QED) is 0.536. The van der Waals surface area contributed by atoms with Gasteiger partial charge in [0.1, 0.15) is 6.04 Å². The molecule has 1 fully saturated rings. The highest BCUT2D eigenvalue weighted by Crippen LogP contribution is 2.17. The molecule has 1 saturated heterocycles. The SMILES string of the molecule is CC1CCCN1C(=O)C(CC(N)=O)NO. The van der Waals surface area contributed by atoms with Gasteiger partial charge in [0.05, 0.1) is 6.42 Å². The Labute approximate surface area is 88.4 Å². The normalized spacial score (nSPS) is 22.8. The first-order valence-corrected chi connectivity index (χ1v) is 5.04. The molecule has 2 atom stereocenters. The van der Waals surface area contributed by atoms with Gasteiger partial charge in [-0.1, -0.05) is 0 Å². The largest absolute Gasteiger partial charge is 0.370 e. The number of carbonyl (C=O) groups is 2. The lowest BCUT2D eigenvalue weighted by atomic mass is 10.1. The summed E-state index contributed by atoms with van der Waals surface area (Å²) in [5.41, 5.74) is 6.82. The number of nitrogens with one attached hydrogen (secondary N) is 1. The first-order valence-electron chi connectivity index (χ1n) is 5.04. The summed E-state index contributed by atoms with van der Waals surface area (Å²) in [4.78, 5) is 24.2. The average Bonchev–Trinajstić information content (AvgIpc) is 2.59. The van der Waals surface area contributed by atoms with Crippen LogP contribution in [0.5, 0.6) is 0 Å². The summed E-state index contributed by atoms with van der Waals surface area (Å²) in [5.74, 6) is -0.872. The van der Waals surface area contributed by atoms with E-state index in [1.165, 1.54) is 0 Å². The second-order valence-electron chi connectivity index (χ2n) is 3.88. The second kappa shape index (κ2) is 5.09. The molecule has 1 heterocycles. The van der Waals surface area contributed by atoms with Crippen LogP contribution >= 0.6 is 0 Å². The minimum absolute atomic E-state index is 0.168. The molecule has 1 aliphatic heterocycles. The first-order chi connectivity index (χ1) is 7.06. The first kappa shape index (κ1) is 11.9. The van der Waals surface area contributed by atoms with Crippen molar-refractivity contribution in [3.63, 3.8) is 0 Å². The van der Waals surface area contributed by atoms with Crippen molar-refractivity contribution in [2.24, 2.45) is 5.73 Å². The van der Waals surface area contributed by atoms with Crippen molar-refractivity contribution in [2.45, 2.75) is 38.3 Å². The number of hydroxylamine groups is 1. The van der Waals surface area contributed by atoms with Crippen LogP contribution in [0.25, 0.3) is 0 Å². The Morgan fingerprint density at radius 2 is 2.33 bits per heavy atom. The lowest BCUT2D eigenvalue weighted by molar-refractivity contribution is -0.139. The van der Waals surface area contributed by atoms with Crippen LogP contribution in [0.15, 0.2) is 0 Å². The predicted molar refractivity (Wildman–Crippen MR) is 52.9 cm³/mol. The molecule has 86 valence electrons. The van der Waals surface area contributed by atoms with Crippen molar-refractivity contribution in [3.8, 4) is 0 Å². The Morgan fingerprint density at radius 1 is 1.67 bits per heavy atom. The number of nitrogens with zero attached hydrogens (tertiary/aromatic N) is 1. The predicted octanol–water partition coefficient (Wildman–Crippen LogP) is -0.780. The van der Waals surface area contributed by atoms with Gasteiger partial charge in [0.2, 0.25) is 11.8 Å². The molecule has 0 radical (unpaired) electrons. The zero-order chi connectivity index (χ0) is 11.4. The Hall–Kier alpha value is -1.14. The van der Waals surface area contributed by atoms with E-state index in [1.807, 2.05) is 12.4 Å². The van der Waals surface area contributed by atoms with Crippen molar-refractivity contribution in [3.05, 3.63) is 0 Å². The van der Waals surface area contributed by atoms with Gasteiger partial charge in [0.25, 0.3) is 0 Å². The van der Waals surface area contributed by atoms with E-state index < -0.39 is 11.9 Å². The molecule has 2 unspecified atom stereocenters. The maximum atomic E-state index is 11.8. The van der Waals surface area contributed by atoms with Crippen LogP contribution in [0, 0.1) is 0 Å². The average molecular weight is 215 g/mol. The van der Waals surface area contributed by atoms with Crippen LogP contribution in [0.4, 0.5) is 0 Å². The topological polar surface area (TPSA) is 95.7 Å². The number of carbonyl (C=O) groups excluding carboxylic acids is 2. The van der Waals surface area contributed by atoms with Crippen LogP contribution in [0.1, 0.15) is 26.2 Å². The Morgan fingerprint density at radius 3 is 2.73 bits per heavy atom. The lowest BCUT2D eigenvalue weighted by Crippen LogP contribution is -2.48. The van der Waals surface area contributed by atoms with E-state index >= 15 is 0 Å². The van der Waals surface area contributed by atoms with Crippen LogP contribution < -0.4 is 11.2 Å². The number of rotatable bonds is 4. The Balaban J connectivity index is 2.59. The van der Waals surface area contributed by atoms with E-state index in [1.54, 1.807) is 4.90 Å².